The predicted octanol–water partition coefficient (Wildman–Crippen LogP) is 2.28. The largest absolute Gasteiger partial charge is 0.260 e. The van der Waals surface area contributed by atoms with E-state index < -0.39 is 0 Å². The number of rotatable bonds is 1. The zero-order valence-corrected chi connectivity index (χ0v) is 6.28. The molecule has 0 aliphatic carbocycles. The molecular formula is C9H8N2. The number of hydrogen-bond acceptors (Lipinski definition) is 2. The third-order valence-corrected chi connectivity index (χ3v) is 1.29. The molecule has 2 nitrogen and oxygen atoms in total. The number of nitriles is 1. The number of nitrogens with zero attached hydrogens (tertiary/aromatic N) is 2. The summed E-state index contributed by atoms with van der Waals surface area (Å²) < 4.78 is 0. The summed E-state index contributed by atoms with van der Waals surface area (Å²) in [5.41, 5.74) is 1.35. The molecule has 0 saturated heterocycles. The van der Waals surface area contributed by atoms with E-state index >= 15 is 0 Å². The average molecular weight is 144 g/mol. The first-order chi connectivity index (χ1) is 5.38. The molecule has 0 atom stereocenters. The van der Waals surface area contributed by atoms with Gasteiger partial charge in [-0.3, -0.25) is 4.99 Å². The molecule has 1 aromatic rings. The van der Waals surface area contributed by atoms with Gasteiger partial charge in [0.05, 0.1) is 11.3 Å². The first-order valence-electron chi connectivity index (χ1n) is 3.36. The summed E-state index contributed by atoms with van der Waals surface area (Å²) in [5.74, 6) is 0. The van der Waals surface area contributed by atoms with E-state index in [1.807, 2.05) is 25.1 Å². The van der Waals surface area contributed by atoms with Crippen molar-refractivity contribution in [1.29, 1.82) is 5.26 Å². The van der Waals surface area contributed by atoms with Gasteiger partial charge in [0.25, 0.3) is 0 Å². The minimum atomic E-state index is 0.616. The van der Waals surface area contributed by atoms with E-state index in [1.165, 1.54) is 0 Å². The van der Waals surface area contributed by atoms with Crippen molar-refractivity contribution in [3.8, 4) is 6.07 Å². The molecule has 0 saturated carbocycles. The van der Waals surface area contributed by atoms with Crippen LogP contribution in [0, 0.1) is 11.3 Å². The maximum Gasteiger partial charge on any atom is 0.101 e. The number of hydrogen-bond donors (Lipinski definition) is 0. The Kier molecular flexibility index (Phi) is 2.40. The van der Waals surface area contributed by atoms with Crippen molar-refractivity contribution in [2.75, 3.05) is 0 Å². The highest BCUT2D eigenvalue weighted by Gasteiger charge is 1.94. The third kappa shape index (κ3) is 1.65. The van der Waals surface area contributed by atoms with Crippen LogP contribution in [0.4, 0.5) is 5.69 Å². The van der Waals surface area contributed by atoms with Crippen molar-refractivity contribution in [2.24, 2.45) is 4.99 Å². The van der Waals surface area contributed by atoms with Crippen molar-refractivity contribution >= 4 is 11.9 Å². The maximum absolute atomic E-state index is 8.62. The van der Waals surface area contributed by atoms with Gasteiger partial charge in [0.15, 0.2) is 0 Å². The summed E-state index contributed by atoms with van der Waals surface area (Å²) in [6.45, 7) is 1.83. The van der Waals surface area contributed by atoms with E-state index in [4.69, 9.17) is 5.26 Å². The number of benzene rings is 1. The second-order valence-electron chi connectivity index (χ2n) is 2.02. The van der Waals surface area contributed by atoms with Crippen LogP contribution in [0.25, 0.3) is 0 Å². The second kappa shape index (κ2) is 3.52. The SMILES string of the molecule is C/C=N/c1ccccc1C#N. The van der Waals surface area contributed by atoms with Crippen LogP contribution in [0.2, 0.25) is 0 Å². The molecule has 54 valence electrons. The highest BCUT2D eigenvalue weighted by atomic mass is 14.7. The Morgan fingerprint density at radius 1 is 1.45 bits per heavy atom. The molecule has 0 aliphatic heterocycles. The third-order valence-electron chi connectivity index (χ3n) is 1.29. The van der Waals surface area contributed by atoms with Crippen molar-refractivity contribution in [3.63, 3.8) is 0 Å². The van der Waals surface area contributed by atoms with E-state index in [1.54, 1.807) is 12.3 Å². The molecule has 1 aromatic carbocycles. The lowest BCUT2D eigenvalue weighted by Crippen LogP contribution is -1.73. The Bertz CT molecular complexity index is 308. The summed E-state index contributed by atoms with van der Waals surface area (Å²) >= 11 is 0. The molecule has 2 heteroatoms. The Morgan fingerprint density at radius 3 is 2.82 bits per heavy atom. The molecule has 0 bridgehead atoms. The Balaban J connectivity index is 3.15. The van der Waals surface area contributed by atoms with Crippen LogP contribution in [-0.4, -0.2) is 6.21 Å². The quantitative estimate of drug-likeness (QED) is 0.557. The predicted molar refractivity (Wildman–Crippen MR) is 45.0 cm³/mol. The van der Waals surface area contributed by atoms with E-state index in [-0.39, 0.29) is 0 Å². The van der Waals surface area contributed by atoms with Gasteiger partial charge < -0.3 is 0 Å². The lowest BCUT2D eigenvalue weighted by molar-refractivity contribution is 1.44. The molecule has 0 N–H and O–H groups in total. The number of para-hydroxylation sites is 1. The summed E-state index contributed by atoms with van der Waals surface area (Å²) in [6, 6.07) is 9.33. The molecule has 1 rings (SSSR count). The van der Waals surface area contributed by atoms with Crippen molar-refractivity contribution in [1.82, 2.24) is 0 Å². The molecule has 0 aromatic heterocycles. The van der Waals surface area contributed by atoms with Crippen LogP contribution in [0.3, 0.4) is 0 Å². The van der Waals surface area contributed by atoms with Gasteiger partial charge in [0, 0.05) is 6.21 Å². The number of aliphatic imine (C=N–C) groups is 1. The van der Waals surface area contributed by atoms with Crippen LogP contribution in [0.15, 0.2) is 29.3 Å². The van der Waals surface area contributed by atoms with Crippen molar-refractivity contribution in [2.45, 2.75) is 6.92 Å². The van der Waals surface area contributed by atoms with Gasteiger partial charge in [0.2, 0.25) is 0 Å². The van der Waals surface area contributed by atoms with Crippen LogP contribution in [-0.2, 0) is 0 Å². The molecule has 0 aliphatic rings. The normalized spacial score (nSPS) is 9.82. The van der Waals surface area contributed by atoms with Gasteiger partial charge in [-0.15, -0.1) is 0 Å². The molecule has 11 heavy (non-hydrogen) atoms. The monoisotopic (exact) mass is 144 g/mol. The van der Waals surface area contributed by atoms with Crippen molar-refractivity contribution in [3.05, 3.63) is 29.8 Å². The van der Waals surface area contributed by atoms with Gasteiger partial charge in [-0.05, 0) is 19.1 Å². The molecule has 0 radical (unpaired) electrons. The maximum atomic E-state index is 8.62. The van der Waals surface area contributed by atoms with Gasteiger partial charge in [-0.1, -0.05) is 12.1 Å². The van der Waals surface area contributed by atoms with Crippen molar-refractivity contribution < 1.29 is 0 Å². The highest BCUT2D eigenvalue weighted by Crippen LogP contribution is 2.16. The van der Waals surface area contributed by atoms with Gasteiger partial charge in [-0.25, -0.2) is 0 Å². The van der Waals surface area contributed by atoms with E-state index in [9.17, 15) is 0 Å². The first kappa shape index (κ1) is 7.49. The van der Waals surface area contributed by atoms with Gasteiger partial charge in [-0.2, -0.15) is 5.26 Å². The van der Waals surface area contributed by atoms with Crippen LogP contribution in [0.5, 0.6) is 0 Å². The second-order valence-corrected chi connectivity index (χ2v) is 2.02. The minimum absolute atomic E-state index is 0.616. The summed E-state index contributed by atoms with van der Waals surface area (Å²) in [6.07, 6.45) is 1.68. The zero-order valence-electron chi connectivity index (χ0n) is 6.28. The lowest BCUT2D eigenvalue weighted by Gasteiger charge is -1.93. The van der Waals surface area contributed by atoms with Gasteiger partial charge in [0.1, 0.15) is 6.07 Å². The Hall–Kier alpha value is -1.62. The van der Waals surface area contributed by atoms with Crippen LogP contribution < -0.4 is 0 Å². The molecule has 0 heterocycles. The fourth-order valence-electron chi connectivity index (χ4n) is 0.820. The molecule has 0 fully saturated rings. The Labute approximate surface area is 65.8 Å². The van der Waals surface area contributed by atoms with E-state index in [2.05, 4.69) is 11.1 Å². The molecule has 0 amide bonds. The fraction of sp³-hybridized carbons (Fsp3) is 0.111. The van der Waals surface area contributed by atoms with Crippen LogP contribution in [0.1, 0.15) is 12.5 Å². The van der Waals surface area contributed by atoms with E-state index in [0.29, 0.717) is 5.56 Å². The zero-order chi connectivity index (χ0) is 8.10. The topological polar surface area (TPSA) is 36.1 Å². The first-order valence-corrected chi connectivity index (χ1v) is 3.36. The average Bonchev–Trinajstić information content (AvgIpc) is 2.06. The fourth-order valence-corrected chi connectivity index (χ4v) is 0.820. The summed E-state index contributed by atoms with van der Waals surface area (Å²) in [4.78, 5) is 4.03. The lowest BCUT2D eigenvalue weighted by atomic mass is 10.2. The minimum Gasteiger partial charge on any atom is -0.260 e. The van der Waals surface area contributed by atoms with Crippen LogP contribution >= 0.6 is 0 Å². The van der Waals surface area contributed by atoms with Gasteiger partial charge >= 0.3 is 0 Å². The highest BCUT2D eigenvalue weighted by molar-refractivity contribution is 5.64. The smallest absolute Gasteiger partial charge is 0.101 e. The standard InChI is InChI=1S/C9H8N2/c1-2-11-9-6-4-3-5-8(9)7-10/h2-6H,1H3/b11-2+. The Morgan fingerprint density at radius 2 is 2.18 bits per heavy atom. The summed E-state index contributed by atoms with van der Waals surface area (Å²) in [5, 5.41) is 8.62. The molecule has 0 unspecified atom stereocenters. The summed E-state index contributed by atoms with van der Waals surface area (Å²) in [7, 11) is 0. The van der Waals surface area contributed by atoms with E-state index in [0.717, 1.165) is 5.69 Å². The molecular weight excluding hydrogens is 136 g/mol. The molecule has 0 spiro atoms.